The minimum absolute atomic E-state index is 0.0291. The lowest BCUT2D eigenvalue weighted by Gasteiger charge is -2.29. The molecule has 23 heavy (non-hydrogen) atoms. The lowest BCUT2D eigenvalue weighted by molar-refractivity contribution is -0.219. The van der Waals surface area contributed by atoms with Gasteiger partial charge in [0.25, 0.3) is 0 Å². The molecule has 4 heteroatoms. The smallest absolute Gasteiger partial charge is 0.199 e. The van der Waals surface area contributed by atoms with Crippen molar-refractivity contribution in [1.82, 2.24) is 0 Å². The summed E-state index contributed by atoms with van der Waals surface area (Å²) in [6, 6.07) is 5.60. The van der Waals surface area contributed by atoms with E-state index in [4.69, 9.17) is 0 Å². The van der Waals surface area contributed by atoms with Crippen molar-refractivity contribution in [2.24, 2.45) is 5.92 Å². The van der Waals surface area contributed by atoms with E-state index in [2.05, 4.69) is 6.92 Å². The van der Waals surface area contributed by atoms with Crippen LogP contribution < -0.4 is 0 Å². The summed E-state index contributed by atoms with van der Waals surface area (Å²) in [5.41, 5.74) is 0.417. The topological polar surface area (TPSA) is 0 Å². The van der Waals surface area contributed by atoms with Crippen LogP contribution in [0.4, 0.5) is 17.6 Å². The van der Waals surface area contributed by atoms with Gasteiger partial charge in [-0.2, -0.15) is 17.6 Å². The highest BCUT2D eigenvalue weighted by Gasteiger charge is 2.56. The van der Waals surface area contributed by atoms with Crippen molar-refractivity contribution in [3.63, 3.8) is 0 Å². The van der Waals surface area contributed by atoms with E-state index in [1.54, 1.807) is 12.1 Å². The van der Waals surface area contributed by atoms with Crippen LogP contribution >= 0.6 is 0 Å². The number of halogens is 4. The van der Waals surface area contributed by atoms with Crippen molar-refractivity contribution in [2.75, 3.05) is 0 Å². The van der Waals surface area contributed by atoms with E-state index < -0.39 is 23.8 Å². The summed E-state index contributed by atoms with van der Waals surface area (Å²) in [4.78, 5) is 0. The Labute approximate surface area is 136 Å². The highest BCUT2D eigenvalue weighted by molar-refractivity contribution is 5.29. The van der Waals surface area contributed by atoms with Crippen molar-refractivity contribution in [2.45, 2.75) is 76.6 Å². The molecule has 0 nitrogen and oxygen atoms in total. The molecule has 0 bridgehead atoms. The summed E-state index contributed by atoms with van der Waals surface area (Å²) in [6.45, 7) is 3.68. The largest absolute Gasteiger partial charge is 0.335 e. The minimum Gasteiger partial charge on any atom is -0.199 e. The molecule has 0 radical (unpaired) electrons. The summed E-state index contributed by atoms with van der Waals surface area (Å²) in [6.07, 6.45) is 4.84. The lowest BCUT2D eigenvalue weighted by atomic mass is 9.77. The van der Waals surface area contributed by atoms with Crippen molar-refractivity contribution in [3.05, 3.63) is 35.4 Å². The maximum atomic E-state index is 14.0. The van der Waals surface area contributed by atoms with Gasteiger partial charge in [-0.25, -0.2) is 0 Å². The van der Waals surface area contributed by atoms with Crippen LogP contribution in [0.15, 0.2) is 24.3 Å². The molecular weight excluding hydrogens is 304 g/mol. The van der Waals surface area contributed by atoms with Gasteiger partial charge in [-0.3, -0.25) is 0 Å². The van der Waals surface area contributed by atoms with Crippen LogP contribution in [0.25, 0.3) is 0 Å². The van der Waals surface area contributed by atoms with Crippen LogP contribution in [0.2, 0.25) is 0 Å². The first kappa shape index (κ1) is 18.3. The zero-order valence-electron chi connectivity index (χ0n) is 13.9. The van der Waals surface area contributed by atoms with Gasteiger partial charge in [0, 0.05) is 12.0 Å². The standard InChI is InChI=1S/C19H26F4/c1-3-13-18(20,21)19(22,23)17-11-9-16(10-12-17)15-7-5-14(4-2)6-8-15/h9-12,14-15H,3-8,13H2,1-2H3/t14-,15-. The van der Waals surface area contributed by atoms with E-state index in [0.29, 0.717) is 5.92 Å². The Morgan fingerprint density at radius 2 is 1.48 bits per heavy atom. The van der Waals surface area contributed by atoms with E-state index in [1.165, 1.54) is 25.5 Å². The van der Waals surface area contributed by atoms with E-state index in [-0.39, 0.29) is 6.42 Å². The quantitative estimate of drug-likeness (QED) is 0.498. The number of benzene rings is 1. The molecule has 130 valence electrons. The highest BCUT2D eigenvalue weighted by Crippen LogP contribution is 2.46. The Morgan fingerprint density at radius 3 is 1.96 bits per heavy atom. The van der Waals surface area contributed by atoms with Gasteiger partial charge in [0.1, 0.15) is 0 Å². The molecule has 1 fully saturated rings. The van der Waals surface area contributed by atoms with Crippen molar-refractivity contribution < 1.29 is 17.6 Å². The van der Waals surface area contributed by atoms with Gasteiger partial charge in [0.05, 0.1) is 0 Å². The molecule has 1 aromatic rings. The molecule has 0 N–H and O–H groups in total. The molecule has 0 saturated heterocycles. The second kappa shape index (κ2) is 7.23. The molecule has 1 aliphatic carbocycles. The molecule has 0 atom stereocenters. The zero-order valence-corrected chi connectivity index (χ0v) is 13.9. The summed E-state index contributed by atoms with van der Waals surface area (Å²) in [7, 11) is 0. The molecule has 1 saturated carbocycles. The predicted molar refractivity (Wildman–Crippen MR) is 85.2 cm³/mol. The molecule has 0 unspecified atom stereocenters. The normalized spacial score (nSPS) is 23.0. The number of hydrogen-bond acceptors (Lipinski definition) is 0. The monoisotopic (exact) mass is 330 g/mol. The Hall–Kier alpha value is -1.06. The Morgan fingerprint density at radius 1 is 0.913 bits per heavy atom. The van der Waals surface area contributed by atoms with E-state index in [1.807, 2.05) is 0 Å². The maximum Gasteiger partial charge on any atom is 0.335 e. The number of hydrogen-bond donors (Lipinski definition) is 0. The Kier molecular flexibility index (Phi) is 5.74. The van der Waals surface area contributed by atoms with Crippen LogP contribution in [0.1, 0.15) is 75.8 Å². The summed E-state index contributed by atoms with van der Waals surface area (Å²) in [5, 5.41) is 0. The lowest BCUT2D eigenvalue weighted by Crippen LogP contribution is -2.37. The van der Waals surface area contributed by atoms with Crippen LogP contribution in [0.3, 0.4) is 0 Å². The molecule has 2 rings (SSSR count). The predicted octanol–water partition coefficient (Wildman–Crippen LogP) is 6.90. The third-order valence-corrected chi connectivity index (χ3v) is 5.19. The molecule has 1 aliphatic rings. The molecule has 0 aromatic heterocycles. The van der Waals surface area contributed by atoms with Crippen LogP contribution in [0.5, 0.6) is 0 Å². The fourth-order valence-corrected chi connectivity index (χ4v) is 3.55. The highest BCUT2D eigenvalue weighted by atomic mass is 19.3. The van der Waals surface area contributed by atoms with Crippen molar-refractivity contribution in [3.8, 4) is 0 Å². The average molecular weight is 330 g/mol. The summed E-state index contributed by atoms with van der Waals surface area (Å²) >= 11 is 0. The first-order valence-corrected chi connectivity index (χ1v) is 8.67. The van der Waals surface area contributed by atoms with Gasteiger partial charge >= 0.3 is 11.8 Å². The summed E-state index contributed by atoms with van der Waals surface area (Å²) in [5.74, 6) is -6.97. The molecule has 0 amide bonds. The summed E-state index contributed by atoms with van der Waals surface area (Å²) < 4.78 is 55.4. The third-order valence-electron chi connectivity index (χ3n) is 5.19. The Balaban J connectivity index is 2.10. The fraction of sp³-hybridized carbons (Fsp3) is 0.684. The number of rotatable bonds is 6. The van der Waals surface area contributed by atoms with E-state index in [9.17, 15) is 17.6 Å². The maximum absolute atomic E-state index is 14.0. The van der Waals surface area contributed by atoms with Crippen LogP contribution in [-0.4, -0.2) is 5.92 Å². The van der Waals surface area contributed by atoms with E-state index >= 15 is 0 Å². The van der Waals surface area contributed by atoms with Gasteiger partial charge in [-0.05, 0) is 43.1 Å². The Bertz CT molecular complexity index is 485. The molecule has 0 heterocycles. The zero-order chi connectivity index (χ0) is 17.1. The second-order valence-corrected chi connectivity index (χ2v) is 6.78. The first-order chi connectivity index (χ1) is 10.8. The van der Waals surface area contributed by atoms with E-state index in [0.717, 1.165) is 37.2 Å². The van der Waals surface area contributed by atoms with Gasteiger partial charge in [0.15, 0.2) is 0 Å². The first-order valence-electron chi connectivity index (χ1n) is 8.67. The van der Waals surface area contributed by atoms with Gasteiger partial charge in [0.2, 0.25) is 0 Å². The van der Waals surface area contributed by atoms with Gasteiger partial charge < -0.3 is 0 Å². The van der Waals surface area contributed by atoms with Gasteiger partial charge in [-0.15, -0.1) is 0 Å². The van der Waals surface area contributed by atoms with Gasteiger partial charge in [-0.1, -0.05) is 51.0 Å². The molecule has 0 spiro atoms. The number of alkyl halides is 4. The second-order valence-electron chi connectivity index (χ2n) is 6.78. The minimum atomic E-state index is -4.11. The van der Waals surface area contributed by atoms with Crippen LogP contribution in [0, 0.1) is 5.92 Å². The SMILES string of the molecule is CCCC(F)(F)C(F)(F)c1ccc([C@H]2CC[C@H](CC)CC2)cc1. The molecule has 0 aliphatic heterocycles. The van der Waals surface area contributed by atoms with Crippen molar-refractivity contribution >= 4 is 0 Å². The van der Waals surface area contributed by atoms with Crippen molar-refractivity contribution in [1.29, 1.82) is 0 Å². The molecular formula is C19H26F4. The molecule has 1 aromatic carbocycles. The van der Waals surface area contributed by atoms with Crippen LogP contribution in [-0.2, 0) is 5.92 Å². The fourth-order valence-electron chi connectivity index (χ4n) is 3.55. The third kappa shape index (κ3) is 3.89. The average Bonchev–Trinajstić information content (AvgIpc) is 2.55.